The van der Waals surface area contributed by atoms with Crippen LogP contribution in [0.3, 0.4) is 0 Å². The first kappa shape index (κ1) is 33.9. The minimum atomic E-state index is -0.887. The van der Waals surface area contributed by atoms with Gasteiger partial charge in [0.1, 0.15) is 0 Å². The maximum absolute atomic E-state index is 4.56. The normalized spacial score (nSPS) is 21.7. The summed E-state index contributed by atoms with van der Waals surface area (Å²) in [6.45, 7) is 15.0. The van der Waals surface area contributed by atoms with E-state index in [9.17, 15) is 0 Å². The van der Waals surface area contributed by atoms with Crippen molar-refractivity contribution in [3.8, 4) is 0 Å². The lowest BCUT2D eigenvalue weighted by Crippen LogP contribution is -2.58. The van der Waals surface area contributed by atoms with Gasteiger partial charge in [0, 0.05) is 5.16 Å². The van der Waals surface area contributed by atoms with E-state index in [1.807, 2.05) is 0 Å². The molecule has 2 rings (SSSR count). The molecule has 2 aliphatic rings. The molecule has 0 aromatic rings. The van der Waals surface area contributed by atoms with E-state index in [1.165, 1.54) is 154 Å². The average molecular weight is 544 g/mol. The molecule has 0 aliphatic heterocycles. The van der Waals surface area contributed by atoms with E-state index < -0.39 is 8.80 Å². The van der Waals surface area contributed by atoms with Gasteiger partial charge in [-0.25, -0.2) is 0 Å². The third-order valence-electron chi connectivity index (χ3n) is 10.2. The van der Waals surface area contributed by atoms with Crippen molar-refractivity contribution in [2.45, 2.75) is 206 Å². The van der Waals surface area contributed by atoms with Gasteiger partial charge in [0.25, 0.3) is 0 Å². The fourth-order valence-corrected chi connectivity index (χ4v) is 9.61. The van der Waals surface area contributed by atoms with Gasteiger partial charge in [-0.2, -0.15) is 0 Å². The molecule has 2 aliphatic carbocycles. The van der Waals surface area contributed by atoms with Gasteiger partial charge in [-0.1, -0.05) is 143 Å². The van der Waals surface area contributed by atoms with Gasteiger partial charge >= 0.3 is 0 Å². The van der Waals surface area contributed by atoms with E-state index >= 15 is 0 Å². The number of nitrogens with one attached hydrogen (secondary N) is 1. The van der Waals surface area contributed by atoms with Crippen LogP contribution in [0.15, 0.2) is 22.3 Å². The van der Waals surface area contributed by atoms with Crippen molar-refractivity contribution >= 4 is 8.80 Å². The Hall–Kier alpha value is -0.343. The molecule has 0 saturated heterocycles. The first-order valence-corrected chi connectivity index (χ1v) is 20.6. The Morgan fingerprint density at radius 3 is 1.58 bits per heavy atom. The van der Waals surface area contributed by atoms with Crippen LogP contribution in [0.1, 0.15) is 182 Å². The summed E-state index contributed by atoms with van der Waals surface area (Å²) in [6, 6.07) is 0.527. The van der Waals surface area contributed by atoms with Gasteiger partial charge in [-0.05, 0) is 74.2 Å². The molecule has 1 unspecified atom stereocenters. The standard InChI is InChI=1S/C36H69NSi/c1-7-10-12-14-20-24-27-33-31(4)35(32(9-3)34(33)28-23-13-11-8-2)37-36(38(5)6)29-25-21-18-16-15-17-19-22-26-30-36/h35,37-38H,7-30H2,1-6H3. The quantitative estimate of drug-likeness (QED) is 0.151. The summed E-state index contributed by atoms with van der Waals surface area (Å²) in [7, 11) is -0.887. The number of hydrogen-bond donors (Lipinski definition) is 1. The molecule has 0 amide bonds. The molecule has 0 heterocycles. The van der Waals surface area contributed by atoms with E-state index in [0.717, 1.165) is 0 Å². The van der Waals surface area contributed by atoms with Gasteiger partial charge in [0.05, 0.1) is 14.8 Å². The van der Waals surface area contributed by atoms with Crippen molar-refractivity contribution in [1.82, 2.24) is 5.32 Å². The Labute approximate surface area is 242 Å². The molecule has 1 saturated carbocycles. The molecule has 0 bridgehead atoms. The molecule has 38 heavy (non-hydrogen) atoms. The highest BCUT2D eigenvalue weighted by atomic mass is 28.3. The maximum Gasteiger partial charge on any atom is 0.0545 e. The number of rotatable bonds is 16. The summed E-state index contributed by atoms with van der Waals surface area (Å²) in [5.74, 6) is 0. The lowest BCUT2D eigenvalue weighted by molar-refractivity contribution is 0.339. The summed E-state index contributed by atoms with van der Waals surface area (Å²) in [5.41, 5.74) is 7.11. The first-order chi connectivity index (χ1) is 18.5. The van der Waals surface area contributed by atoms with Crippen LogP contribution in [-0.2, 0) is 0 Å². The van der Waals surface area contributed by atoms with Crippen molar-refractivity contribution in [2.75, 3.05) is 0 Å². The third-order valence-corrected chi connectivity index (χ3v) is 13.2. The lowest BCUT2D eigenvalue weighted by atomic mass is 9.93. The monoisotopic (exact) mass is 544 g/mol. The Bertz CT molecular complexity index is 675. The summed E-state index contributed by atoms with van der Waals surface area (Å²) >= 11 is 0. The molecule has 222 valence electrons. The molecule has 0 spiro atoms. The van der Waals surface area contributed by atoms with Crippen molar-refractivity contribution in [1.29, 1.82) is 0 Å². The molecule has 1 nitrogen and oxygen atoms in total. The minimum absolute atomic E-state index is 0.425. The second-order valence-corrected chi connectivity index (χ2v) is 16.8. The van der Waals surface area contributed by atoms with Crippen LogP contribution in [0.2, 0.25) is 13.1 Å². The summed E-state index contributed by atoms with van der Waals surface area (Å²) in [6.07, 6.45) is 33.8. The third kappa shape index (κ3) is 10.9. The zero-order chi connectivity index (χ0) is 27.6. The molecule has 0 aromatic carbocycles. The van der Waals surface area contributed by atoms with E-state index in [2.05, 4.69) is 46.1 Å². The number of unbranched alkanes of at least 4 members (excludes halogenated alkanes) is 8. The fourth-order valence-electron chi connectivity index (χ4n) is 7.54. The predicted molar refractivity (Wildman–Crippen MR) is 176 cm³/mol. The van der Waals surface area contributed by atoms with E-state index in [-0.39, 0.29) is 0 Å². The summed E-state index contributed by atoms with van der Waals surface area (Å²) < 4.78 is 0. The molecule has 0 aromatic heterocycles. The minimum Gasteiger partial charge on any atom is -0.304 e. The van der Waals surface area contributed by atoms with Gasteiger partial charge in [-0.15, -0.1) is 0 Å². The van der Waals surface area contributed by atoms with Gasteiger partial charge in [0.15, 0.2) is 0 Å². The van der Waals surface area contributed by atoms with Crippen molar-refractivity contribution < 1.29 is 0 Å². The van der Waals surface area contributed by atoms with E-state index in [4.69, 9.17) is 0 Å². The Morgan fingerprint density at radius 1 is 0.632 bits per heavy atom. The molecule has 1 fully saturated rings. The van der Waals surface area contributed by atoms with Crippen molar-refractivity contribution in [3.63, 3.8) is 0 Å². The smallest absolute Gasteiger partial charge is 0.0545 e. The van der Waals surface area contributed by atoms with Crippen LogP contribution in [0.4, 0.5) is 0 Å². The van der Waals surface area contributed by atoms with Gasteiger partial charge in [0.2, 0.25) is 0 Å². The highest BCUT2D eigenvalue weighted by molar-refractivity contribution is 6.59. The lowest BCUT2D eigenvalue weighted by Gasteiger charge is -2.42. The van der Waals surface area contributed by atoms with Crippen LogP contribution in [-0.4, -0.2) is 20.0 Å². The zero-order valence-electron chi connectivity index (χ0n) is 27.1. The van der Waals surface area contributed by atoms with Crippen LogP contribution in [0.5, 0.6) is 0 Å². The Balaban J connectivity index is 2.27. The Kier molecular flexibility index (Phi) is 17.5. The van der Waals surface area contributed by atoms with Gasteiger partial charge < -0.3 is 5.32 Å². The predicted octanol–water partition coefficient (Wildman–Crippen LogP) is 11.8. The SMILES string of the molecule is CCCCCCCCC1=C(C)C(NC2([SiH](C)C)CCCCCCCCCCC2)C(CC)=C1CCCCCC. The van der Waals surface area contributed by atoms with Crippen molar-refractivity contribution in [2.24, 2.45) is 0 Å². The topological polar surface area (TPSA) is 12.0 Å². The highest BCUT2D eigenvalue weighted by Crippen LogP contribution is 2.42. The van der Waals surface area contributed by atoms with Crippen LogP contribution < -0.4 is 5.32 Å². The van der Waals surface area contributed by atoms with Crippen LogP contribution in [0, 0.1) is 0 Å². The average Bonchev–Trinajstić information content (AvgIpc) is 3.14. The first-order valence-electron chi connectivity index (χ1n) is 17.7. The maximum atomic E-state index is 4.56. The summed E-state index contributed by atoms with van der Waals surface area (Å²) in [4.78, 5) is 0. The van der Waals surface area contributed by atoms with E-state index in [1.54, 1.807) is 22.3 Å². The van der Waals surface area contributed by atoms with Crippen LogP contribution in [0.25, 0.3) is 0 Å². The highest BCUT2D eigenvalue weighted by Gasteiger charge is 2.39. The van der Waals surface area contributed by atoms with Gasteiger partial charge in [-0.3, -0.25) is 0 Å². The molecule has 1 atom stereocenters. The fraction of sp³-hybridized carbons (Fsp3) is 0.889. The second kappa shape index (κ2) is 19.7. The largest absolute Gasteiger partial charge is 0.304 e. The van der Waals surface area contributed by atoms with E-state index in [0.29, 0.717) is 11.2 Å². The van der Waals surface area contributed by atoms with Crippen molar-refractivity contribution in [3.05, 3.63) is 22.3 Å². The molecule has 0 radical (unpaired) electrons. The summed E-state index contributed by atoms with van der Waals surface area (Å²) in [5, 5.41) is 4.98. The molecule has 2 heteroatoms. The zero-order valence-corrected chi connectivity index (χ0v) is 28.3. The Morgan fingerprint density at radius 2 is 1.08 bits per heavy atom. The molecular formula is C36H69NSi. The number of allylic oxidation sites excluding steroid dienone is 2. The molecular weight excluding hydrogens is 474 g/mol. The number of hydrogen-bond acceptors (Lipinski definition) is 1. The van der Waals surface area contributed by atoms with Crippen LogP contribution >= 0.6 is 0 Å². The second-order valence-electron chi connectivity index (χ2n) is 13.4. The molecule has 1 N–H and O–H groups in total.